The van der Waals surface area contributed by atoms with E-state index in [0.29, 0.717) is 59.7 Å². The number of carbonyl (C=O) groups excluding carboxylic acids is 1. The van der Waals surface area contributed by atoms with Crippen LogP contribution in [0.1, 0.15) is 34.5 Å². The first-order valence-electron chi connectivity index (χ1n) is 11.0. The molecule has 0 radical (unpaired) electrons. The molecule has 3 aromatic rings. The lowest BCUT2D eigenvalue weighted by Gasteiger charge is -2.38. The van der Waals surface area contributed by atoms with Crippen LogP contribution in [0.5, 0.6) is 0 Å². The second-order valence-corrected chi connectivity index (χ2v) is 8.72. The molecule has 0 unspecified atom stereocenters. The lowest BCUT2D eigenvalue weighted by atomic mass is 10.0. The van der Waals surface area contributed by atoms with Crippen molar-refractivity contribution in [3.05, 3.63) is 64.6 Å². The van der Waals surface area contributed by atoms with Crippen LogP contribution in [0.4, 0.5) is 11.5 Å². The van der Waals surface area contributed by atoms with Crippen molar-refractivity contribution in [2.75, 3.05) is 36.5 Å². The van der Waals surface area contributed by atoms with E-state index < -0.39 is 5.79 Å². The third-order valence-electron chi connectivity index (χ3n) is 6.21. The molecule has 174 valence electrons. The molecule has 0 bridgehead atoms. The highest BCUT2D eigenvalue weighted by Crippen LogP contribution is 2.34. The molecule has 0 saturated carbocycles. The van der Waals surface area contributed by atoms with Crippen molar-refractivity contribution in [2.24, 2.45) is 0 Å². The zero-order valence-corrected chi connectivity index (χ0v) is 19.4. The maximum absolute atomic E-state index is 12.9. The maximum Gasteiger partial charge on any atom is 0.259 e. The number of nitrogens with zero attached hydrogens (tertiary/aromatic N) is 5. The summed E-state index contributed by atoms with van der Waals surface area (Å²) in [6, 6.07) is 11.1. The lowest BCUT2D eigenvalue weighted by molar-refractivity contribution is -0.169. The number of piperidine rings is 1. The van der Waals surface area contributed by atoms with Crippen molar-refractivity contribution in [1.29, 1.82) is 5.26 Å². The minimum atomic E-state index is -0.495. The number of ether oxygens (including phenoxy) is 2. The molecule has 2 saturated heterocycles. The number of carbonyl (C=O) groups is 1. The molecule has 2 aliphatic rings. The number of aromatic nitrogens is 3. The molecule has 1 amide bonds. The first kappa shape index (κ1) is 22.3. The van der Waals surface area contributed by atoms with Gasteiger partial charge in [-0.05, 0) is 37.3 Å². The Balaban J connectivity index is 1.30. The Morgan fingerprint density at radius 2 is 1.88 bits per heavy atom. The van der Waals surface area contributed by atoms with Crippen LogP contribution in [0, 0.1) is 18.3 Å². The number of hydrogen-bond donors (Lipinski definition) is 1. The summed E-state index contributed by atoms with van der Waals surface area (Å²) < 4.78 is 13.2. The van der Waals surface area contributed by atoms with Crippen LogP contribution >= 0.6 is 11.6 Å². The standard InChI is InChI=1S/C24H23ClN6O3/c1-16-21(15-28-31(16)20-4-2-18(25)3-5-20)23(32)29-19-12-17(13-26)22(27-14-19)30-8-6-24(7-9-30)33-10-11-34-24/h2-5,12,14-15H,6-11H2,1H3,(H,29,32). The van der Waals surface area contributed by atoms with Crippen molar-refractivity contribution in [3.8, 4) is 11.8 Å². The molecule has 1 N–H and O–H groups in total. The predicted octanol–water partition coefficient (Wildman–Crippen LogP) is 3.70. The van der Waals surface area contributed by atoms with E-state index in [0.717, 1.165) is 18.5 Å². The van der Waals surface area contributed by atoms with E-state index in [9.17, 15) is 10.1 Å². The van der Waals surface area contributed by atoms with Crippen LogP contribution in [0.25, 0.3) is 5.69 Å². The fraction of sp³-hybridized carbons (Fsp3) is 0.333. The van der Waals surface area contributed by atoms with Crippen molar-refractivity contribution in [3.63, 3.8) is 0 Å². The fourth-order valence-corrected chi connectivity index (χ4v) is 4.50. The van der Waals surface area contributed by atoms with Crippen molar-refractivity contribution in [1.82, 2.24) is 14.8 Å². The summed E-state index contributed by atoms with van der Waals surface area (Å²) in [4.78, 5) is 19.5. The molecule has 9 nitrogen and oxygen atoms in total. The van der Waals surface area contributed by atoms with E-state index in [2.05, 4.69) is 26.4 Å². The first-order chi connectivity index (χ1) is 16.5. The van der Waals surface area contributed by atoms with Crippen molar-refractivity contribution in [2.45, 2.75) is 25.6 Å². The monoisotopic (exact) mass is 478 g/mol. The van der Waals surface area contributed by atoms with Crippen LogP contribution in [0.2, 0.25) is 5.02 Å². The van der Waals surface area contributed by atoms with Gasteiger partial charge in [0, 0.05) is 31.0 Å². The molecule has 10 heteroatoms. The Labute approximate surface area is 201 Å². The summed E-state index contributed by atoms with van der Waals surface area (Å²) in [6.07, 6.45) is 4.52. The zero-order valence-electron chi connectivity index (χ0n) is 18.6. The summed E-state index contributed by atoms with van der Waals surface area (Å²) in [5, 5.41) is 17.5. The van der Waals surface area contributed by atoms with Gasteiger partial charge in [-0.15, -0.1) is 0 Å². The SMILES string of the molecule is Cc1c(C(=O)Nc2cnc(N3CCC4(CC3)OCCO4)c(C#N)c2)cnn1-c1ccc(Cl)cc1. The number of rotatable bonds is 4. The van der Waals surface area contributed by atoms with Gasteiger partial charge in [-0.25, -0.2) is 9.67 Å². The number of pyridine rings is 1. The van der Waals surface area contributed by atoms with Gasteiger partial charge in [-0.2, -0.15) is 10.4 Å². The third-order valence-corrected chi connectivity index (χ3v) is 6.46. The predicted molar refractivity (Wildman–Crippen MR) is 126 cm³/mol. The molecule has 0 atom stereocenters. The molecule has 4 heterocycles. The maximum atomic E-state index is 12.9. The minimum absolute atomic E-state index is 0.327. The molecule has 2 fully saturated rings. The molecular formula is C24H23ClN6O3. The Morgan fingerprint density at radius 3 is 2.56 bits per heavy atom. The fourth-order valence-electron chi connectivity index (χ4n) is 4.38. The highest BCUT2D eigenvalue weighted by molar-refractivity contribution is 6.30. The lowest BCUT2D eigenvalue weighted by Crippen LogP contribution is -2.45. The smallest absolute Gasteiger partial charge is 0.259 e. The van der Waals surface area contributed by atoms with Crippen molar-refractivity contribution >= 4 is 29.0 Å². The van der Waals surface area contributed by atoms with E-state index in [1.54, 1.807) is 29.1 Å². The topological polar surface area (TPSA) is 105 Å². The minimum Gasteiger partial charge on any atom is -0.355 e. The summed E-state index contributed by atoms with van der Waals surface area (Å²) in [5.41, 5.74) is 2.75. The second kappa shape index (κ2) is 9.06. The highest BCUT2D eigenvalue weighted by atomic mass is 35.5. The van der Waals surface area contributed by atoms with Gasteiger partial charge in [-0.1, -0.05) is 11.6 Å². The number of nitrogens with one attached hydrogen (secondary N) is 1. The van der Waals surface area contributed by atoms with Crippen LogP contribution in [0.15, 0.2) is 42.7 Å². The number of anilines is 2. The summed E-state index contributed by atoms with van der Waals surface area (Å²) in [7, 11) is 0. The van der Waals surface area contributed by atoms with Gasteiger partial charge in [0.15, 0.2) is 5.79 Å². The van der Waals surface area contributed by atoms with Gasteiger partial charge >= 0.3 is 0 Å². The number of benzene rings is 1. The summed E-state index contributed by atoms with van der Waals surface area (Å²) in [6.45, 7) is 4.41. The van der Waals surface area contributed by atoms with E-state index in [4.69, 9.17) is 21.1 Å². The quantitative estimate of drug-likeness (QED) is 0.609. The Bertz CT molecular complexity index is 1250. The van der Waals surface area contributed by atoms with E-state index >= 15 is 0 Å². The first-order valence-corrected chi connectivity index (χ1v) is 11.4. The van der Waals surface area contributed by atoms with Crippen LogP contribution in [0.3, 0.4) is 0 Å². The van der Waals surface area contributed by atoms with Gasteiger partial charge in [0.2, 0.25) is 0 Å². The summed E-state index contributed by atoms with van der Waals surface area (Å²) >= 11 is 5.96. The molecule has 5 rings (SSSR count). The van der Waals surface area contributed by atoms with Gasteiger partial charge in [-0.3, -0.25) is 4.79 Å². The average molecular weight is 479 g/mol. The second-order valence-electron chi connectivity index (χ2n) is 8.29. The number of amides is 1. The molecular weight excluding hydrogens is 456 g/mol. The zero-order chi connectivity index (χ0) is 23.7. The van der Waals surface area contributed by atoms with E-state index in [1.807, 2.05) is 19.1 Å². The third kappa shape index (κ3) is 4.23. The highest BCUT2D eigenvalue weighted by Gasteiger charge is 2.40. The van der Waals surface area contributed by atoms with E-state index in [-0.39, 0.29) is 5.91 Å². The van der Waals surface area contributed by atoms with Gasteiger partial charge in [0.25, 0.3) is 5.91 Å². The number of halogens is 1. The average Bonchev–Trinajstić information content (AvgIpc) is 3.47. The van der Waals surface area contributed by atoms with Gasteiger partial charge in [0.05, 0.1) is 53.8 Å². The molecule has 2 aromatic heterocycles. The molecule has 1 spiro atoms. The van der Waals surface area contributed by atoms with Crippen LogP contribution in [-0.2, 0) is 9.47 Å². The normalized spacial score (nSPS) is 17.0. The Kier molecular flexibility index (Phi) is 5.96. The number of nitriles is 1. The van der Waals surface area contributed by atoms with Crippen LogP contribution < -0.4 is 10.2 Å². The van der Waals surface area contributed by atoms with Crippen molar-refractivity contribution < 1.29 is 14.3 Å². The Morgan fingerprint density at radius 1 is 1.18 bits per heavy atom. The van der Waals surface area contributed by atoms with Gasteiger partial charge in [0.1, 0.15) is 11.9 Å². The number of hydrogen-bond acceptors (Lipinski definition) is 7. The van der Waals surface area contributed by atoms with Gasteiger partial charge < -0.3 is 19.7 Å². The molecule has 0 aliphatic carbocycles. The van der Waals surface area contributed by atoms with Crippen LogP contribution in [-0.4, -0.2) is 52.8 Å². The summed E-state index contributed by atoms with van der Waals surface area (Å²) in [5.74, 6) is -0.224. The Hall–Kier alpha value is -3.45. The van der Waals surface area contributed by atoms with E-state index in [1.165, 1.54) is 6.20 Å². The largest absolute Gasteiger partial charge is 0.355 e. The molecule has 1 aromatic carbocycles. The molecule has 2 aliphatic heterocycles. The molecule has 34 heavy (non-hydrogen) atoms.